The van der Waals surface area contributed by atoms with Crippen molar-refractivity contribution in [3.63, 3.8) is 0 Å². The van der Waals surface area contributed by atoms with E-state index in [0.29, 0.717) is 6.42 Å². The molecule has 0 bridgehead atoms. The molecule has 0 spiro atoms. The van der Waals surface area contributed by atoms with Crippen LogP contribution in [0.25, 0.3) is 0 Å². The van der Waals surface area contributed by atoms with Crippen molar-refractivity contribution in [3.8, 4) is 0 Å². The number of unbranched alkanes of at least 4 members (excludes halogenated alkanes) is 1. The van der Waals surface area contributed by atoms with Crippen LogP contribution in [0.4, 0.5) is 5.82 Å². The van der Waals surface area contributed by atoms with E-state index in [1.165, 1.54) is 10.9 Å². The Hall–Kier alpha value is -1.92. The highest BCUT2D eigenvalue weighted by atomic mass is 16.6. The molecule has 0 aliphatic rings. The molecule has 0 radical (unpaired) electrons. The number of rotatable bonds is 6. The van der Waals surface area contributed by atoms with E-state index in [9.17, 15) is 14.9 Å². The zero-order valence-corrected chi connectivity index (χ0v) is 8.87. The summed E-state index contributed by atoms with van der Waals surface area (Å²) in [6.45, 7) is 1.95. The Bertz CT molecular complexity index is 388. The van der Waals surface area contributed by atoms with Crippen molar-refractivity contribution in [3.05, 3.63) is 22.6 Å². The summed E-state index contributed by atoms with van der Waals surface area (Å²) in [6.07, 6.45) is 4.41. The number of carboxylic acids is 1. The van der Waals surface area contributed by atoms with Crippen molar-refractivity contribution >= 4 is 11.8 Å². The monoisotopic (exact) mass is 227 g/mol. The number of hydrogen-bond acceptors (Lipinski definition) is 4. The van der Waals surface area contributed by atoms with E-state index >= 15 is 0 Å². The molecular weight excluding hydrogens is 214 g/mol. The third kappa shape index (κ3) is 2.78. The normalized spacial score (nSPS) is 12.3. The van der Waals surface area contributed by atoms with Crippen molar-refractivity contribution in [2.45, 2.75) is 32.2 Å². The predicted molar refractivity (Wildman–Crippen MR) is 55.1 cm³/mol. The van der Waals surface area contributed by atoms with Gasteiger partial charge in [0, 0.05) is 0 Å². The van der Waals surface area contributed by atoms with Gasteiger partial charge < -0.3 is 15.2 Å². The van der Waals surface area contributed by atoms with Gasteiger partial charge in [0.15, 0.2) is 0 Å². The molecule has 1 atom stereocenters. The Morgan fingerprint density at radius 3 is 2.88 bits per heavy atom. The molecule has 0 aliphatic carbocycles. The summed E-state index contributed by atoms with van der Waals surface area (Å²) in [5.41, 5.74) is 0. The number of aliphatic carboxylic acids is 1. The molecule has 7 nitrogen and oxygen atoms in total. The van der Waals surface area contributed by atoms with Crippen molar-refractivity contribution < 1.29 is 14.8 Å². The lowest BCUT2D eigenvalue weighted by atomic mass is 10.1. The first-order chi connectivity index (χ1) is 7.56. The van der Waals surface area contributed by atoms with E-state index in [4.69, 9.17) is 5.11 Å². The zero-order valence-electron chi connectivity index (χ0n) is 8.87. The molecule has 1 aromatic rings. The van der Waals surface area contributed by atoms with Gasteiger partial charge in [-0.25, -0.2) is 4.79 Å². The topological polar surface area (TPSA) is 98.3 Å². The fourth-order valence-corrected chi connectivity index (χ4v) is 1.39. The zero-order chi connectivity index (χ0) is 12.1. The van der Waals surface area contributed by atoms with Crippen molar-refractivity contribution in [1.82, 2.24) is 9.55 Å². The summed E-state index contributed by atoms with van der Waals surface area (Å²) in [5, 5.41) is 19.4. The Labute approximate surface area is 91.9 Å². The lowest BCUT2D eigenvalue weighted by Crippen LogP contribution is -2.17. The number of imidazole rings is 1. The summed E-state index contributed by atoms with van der Waals surface area (Å²) >= 11 is 0. The van der Waals surface area contributed by atoms with Gasteiger partial charge in [0.2, 0.25) is 6.33 Å². The van der Waals surface area contributed by atoms with E-state index in [1.807, 2.05) is 6.92 Å². The number of carboxylic acid groups (broad SMARTS) is 1. The summed E-state index contributed by atoms with van der Waals surface area (Å²) in [7, 11) is 0. The molecule has 0 saturated carbocycles. The maximum absolute atomic E-state index is 11.0. The number of hydrogen-bond donors (Lipinski definition) is 1. The standard InChI is InChI=1S/C9H13N3O4/c1-2-3-4-7(9(13)14)11-5-8(10-6-11)12(15)16/h5-7H,2-4H2,1H3,(H,13,14). The molecule has 1 N–H and O–H groups in total. The molecule has 0 aliphatic heterocycles. The van der Waals surface area contributed by atoms with Crippen LogP contribution in [0.15, 0.2) is 12.5 Å². The number of nitrogens with zero attached hydrogens (tertiary/aromatic N) is 3. The third-order valence-electron chi connectivity index (χ3n) is 2.25. The summed E-state index contributed by atoms with van der Waals surface area (Å²) in [6, 6.07) is -0.777. The van der Waals surface area contributed by atoms with Crippen molar-refractivity contribution in [1.29, 1.82) is 0 Å². The van der Waals surface area contributed by atoms with Gasteiger partial charge in [-0.2, -0.15) is 0 Å². The van der Waals surface area contributed by atoms with Crippen LogP contribution in [-0.4, -0.2) is 25.6 Å². The van der Waals surface area contributed by atoms with Gasteiger partial charge in [-0.1, -0.05) is 19.8 Å². The van der Waals surface area contributed by atoms with Gasteiger partial charge in [-0.15, -0.1) is 0 Å². The summed E-state index contributed by atoms with van der Waals surface area (Å²) in [4.78, 5) is 24.3. The third-order valence-corrected chi connectivity index (χ3v) is 2.25. The molecule has 88 valence electrons. The molecule has 0 amide bonds. The minimum atomic E-state index is -0.999. The van der Waals surface area contributed by atoms with Gasteiger partial charge in [0.1, 0.15) is 12.2 Å². The van der Waals surface area contributed by atoms with Crippen LogP contribution in [0.1, 0.15) is 32.2 Å². The van der Waals surface area contributed by atoms with E-state index in [0.717, 1.165) is 19.0 Å². The largest absolute Gasteiger partial charge is 0.480 e. The maximum Gasteiger partial charge on any atom is 0.381 e. The first-order valence-electron chi connectivity index (χ1n) is 4.97. The first kappa shape index (κ1) is 12.2. The summed E-state index contributed by atoms with van der Waals surface area (Å²) in [5.74, 6) is -1.33. The molecule has 1 heterocycles. The highest BCUT2D eigenvalue weighted by molar-refractivity contribution is 5.71. The average molecular weight is 227 g/mol. The van der Waals surface area contributed by atoms with Crippen LogP contribution >= 0.6 is 0 Å². The van der Waals surface area contributed by atoms with Crippen LogP contribution in [-0.2, 0) is 4.79 Å². The second-order valence-electron chi connectivity index (χ2n) is 3.43. The van der Waals surface area contributed by atoms with Crippen molar-refractivity contribution in [2.75, 3.05) is 0 Å². The second kappa shape index (κ2) is 5.24. The van der Waals surface area contributed by atoms with Crippen LogP contribution in [0.5, 0.6) is 0 Å². The number of nitro groups is 1. The molecule has 7 heteroatoms. The van der Waals surface area contributed by atoms with E-state index in [1.54, 1.807) is 0 Å². The van der Waals surface area contributed by atoms with Crippen LogP contribution in [0.3, 0.4) is 0 Å². The quantitative estimate of drug-likeness (QED) is 0.588. The van der Waals surface area contributed by atoms with Crippen LogP contribution < -0.4 is 0 Å². The van der Waals surface area contributed by atoms with Gasteiger partial charge in [-0.3, -0.25) is 4.57 Å². The van der Waals surface area contributed by atoms with E-state index in [2.05, 4.69) is 4.98 Å². The molecule has 0 saturated heterocycles. The minimum Gasteiger partial charge on any atom is -0.480 e. The Balaban J connectivity index is 2.84. The lowest BCUT2D eigenvalue weighted by molar-refractivity contribution is -0.389. The van der Waals surface area contributed by atoms with Gasteiger partial charge in [-0.05, 0) is 16.3 Å². The Morgan fingerprint density at radius 1 is 1.75 bits per heavy atom. The molecule has 1 aromatic heterocycles. The molecule has 1 rings (SSSR count). The van der Waals surface area contributed by atoms with Gasteiger partial charge in [0.25, 0.3) is 0 Å². The highest BCUT2D eigenvalue weighted by Crippen LogP contribution is 2.18. The van der Waals surface area contributed by atoms with Crippen molar-refractivity contribution in [2.24, 2.45) is 0 Å². The van der Waals surface area contributed by atoms with Crippen LogP contribution in [0, 0.1) is 10.1 Å². The smallest absolute Gasteiger partial charge is 0.381 e. The molecule has 1 unspecified atom stereocenters. The minimum absolute atomic E-state index is 0.331. The number of aromatic nitrogens is 2. The average Bonchev–Trinajstić information content (AvgIpc) is 2.67. The van der Waals surface area contributed by atoms with E-state index in [-0.39, 0.29) is 5.82 Å². The molecule has 16 heavy (non-hydrogen) atoms. The maximum atomic E-state index is 11.0. The van der Waals surface area contributed by atoms with E-state index < -0.39 is 16.9 Å². The highest BCUT2D eigenvalue weighted by Gasteiger charge is 2.22. The van der Waals surface area contributed by atoms with Crippen LogP contribution in [0.2, 0.25) is 0 Å². The fourth-order valence-electron chi connectivity index (χ4n) is 1.39. The van der Waals surface area contributed by atoms with Gasteiger partial charge in [0.05, 0.1) is 0 Å². The Kier molecular flexibility index (Phi) is 3.98. The SMILES string of the molecule is CCCCC(C(=O)O)n1cnc([N+](=O)[O-])c1. The Morgan fingerprint density at radius 2 is 2.44 bits per heavy atom. The predicted octanol–water partition coefficient (Wildman–Crippen LogP) is 1.61. The summed E-state index contributed by atoms with van der Waals surface area (Å²) < 4.78 is 1.27. The number of carbonyl (C=O) groups is 1. The van der Waals surface area contributed by atoms with Gasteiger partial charge >= 0.3 is 11.8 Å². The molecule has 0 aromatic carbocycles. The second-order valence-corrected chi connectivity index (χ2v) is 3.43. The molecule has 0 fully saturated rings. The fraction of sp³-hybridized carbons (Fsp3) is 0.556. The lowest BCUT2D eigenvalue weighted by Gasteiger charge is -2.11. The first-order valence-corrected chi connectivity index (χ1v) is 4.97. The molecular formula is C9H13N3O4.